The number of benzene rings is 2. The third kappa shape index (κ3) is 3.26. The normalized spacial score (nSPS) is 11.3. The van der Waals surface area contributed by atoms with Crippen LogP contribution in [-0.2, 0) is 10.0 Å². The minimum atomic E-state index is -3.69. The van der Waals surface area contributed by atoms with E-state index >= 15 is 0 Å². The van der Waals surface area contributed by atoms with Crippen LogP contribution >= 0.6 is 27.5 Å². The summed E-state index contributed by atoms with van der Waals surface area (Å²) in [7, 11) is -3.69. The summed E-state index contributed by atoms with van der Waals surface area (Å²) < 4.78 is 27.6. The number of hydrogen-bond acceptors (Lipinski definition) is 3. The molecule has 7 heteroatoms. The number of aryl methyl sites for hydroxylation is 1. The molecule has 0 fully saturated rings. The molecule has 0 radical (unpaired) electrons. The Morgan fingerprint density at radius 1 is 1.20 bits per heavy atom. The molecule has 0 saturated carbocycles. The quantitative estimate of drug-likeness (QED) is 0.802. The molecule has 0 aliphatic rings. The fraction of sp³-hybridized carbons (Fsp3) is 0.0769. The number of sulfonamides is 1. The number of halogens is 2. The maximum absolute atomic E-state index is 12.2. The summed E-state index contributed by atoms with van der Waals surface area (Å²) in [6, 6.07) is 9.42. The molecule has 3 N–H and O–H groups in total. The summed E-state index contributed by atoms with van der Waals surface area (Å²) in [5, 5.41) is 0.500. The molecule has 20 heavy (non-hydrogen) atoms. The molecule has 2 aromatic rings. The van der Waals surface area contributed by atoms with Gasteiger partial charge in [0.1, 0.15) is 0 Å². The highest BCUT2D eigenvalue weighted by molar-refractivity contribution is 9.10. The van der Waals surface area contributed by atoms with Gasteiger partial charge in [-0.25, -0.2) is 8.42 Å². The lowest BCUT2D eigenvalue weighted by Gasteiger charge is -2.10. The molecule has 0 bridgehead atoms. The predicted octanol–water partition coefficient (Wildman–Crippen LogP) is 3.79. The zero-order chi connectivity index (χ0) is 14.9. The Labute approximate surface area is 131 Å². The standard InChI is InChI=1S/C13H12BrClN2O2S/c1-8-2-3-9(6-12(8)15)17-20(18,19)10-4-5-11(14)13(16)7-10/h2-7,17H,16H2,1H3. The van der Waals surface area contributed by atoms with Crippen molar-refractivity contribution in [1.82, 2.24) is 0 Å². The molecular weight excluding hydrogens is 364 g/mol. The largest absolute Gasteiger partial charge is 0.398 e. The van der Waals surface area contributed by atoms with Crippen molar-refractivity contribution in [3.8, 4) is 0 Å². The van der Waals surface area contributed by atoms with E-state index in [1.807, 2.05) is 6.92 Å². The van der Waals surface area contributed by atoms with Crippen molar-refractivity contribution in [2.45, 2.75) is 11.8 Å². The molecule has 0 atom stereocenters. The summed E-state index contributed by atoms with van der Waals surface area (Å²) in [6.07, 6.45) is 0. The first-order valence-electron chi connectivity index (χ1n) is 5.63. The third-order valence-corrected chi connectivity index (χ3v) is 5.21. The monoisotopic (exact) mass is 374 g/mol. The van der Waals surface area contributed by atoms with E-state index in [1.54, 1.807) is 24.3 Å². The fourth-order valence-corrected chi connectivity index (χ4v) is 3.07. The lowest BCUT2D eigenvalue weighted by Crippen LogP contribution is -2.13. The number of anilines is 2. The van der Waals surface area contributed by atoms with Gasteiger partial charge in [-0.1, -0.05) is 17.7 Å². The second kappa shape index (κ2) is 5.63. The summed E-state index contributed by atoms with van der Waals surface area (Å²) in [4.78, 5) is 0.0925. The highest BCUT2D eigenvalue weighted by Crippen LogP contribution is 2.26. The minimum Gasteiger partial charge on any atom is -0.398 e. The molecule has 0 spiro atoms. The fourth-order valence-electron chi connectivity index (χ4n) is 1.56. The number of hydrogen-bond donors (Lipinski definition) is 2. The van der Waals surface area contributed by atoms with Crippen LogP contribution in [-0.4, -0.2) is 8.42 Å². The van der Waals surface area contributed by atoms with Crippen molar-refractivity contribution in [3.05, 3.63) is 51.5 Å². The summed E-state index contributed by atoms with van der Waals surface area (Å²) in [6.45, 7) is 1.84. The van der Waals surface area contributed by atoms with Crippen LogP contribution in [0.5, 0.6) is 0 Å². The molecule has 4 nitrogen and oxygen atoms in total. The molecule has 0 amide bonds. The van der Waals surface area contributed by atoms with Gasteiger partial charge in [-0.15, -0.1) is 0 Å². The van der Waals surface area contributed by atoms with Gasteiger partial charge >= 0.3 is 0 Å². The molecule has 0 aliphatic carbocycles. The van der Waals surface area contributed by atoms with Crippen molar-refractivity contribution in [2.75, 3.05) is 10.5 Å². The van der Waals surface area contributed by atoms with E-state index in [4.69, 9.17) is 17.3 Å². The zero-order valence-electron chi connectivity index (χ0n) is 10.5. The maximum atomic E-state index is 12.2. The van der Waals surface area contributed by atoms with Crippen LogP contribution in [0.3, 0.4) is 0 Å². The van der Waals surface area contributed by atoms with Crippen LogP contribution in [0.2, 0.25) is 5.02 Å². The van der Waals surface area contributed by atoms with Crippen molar-refractivity contribution >= 4 is 48.9 Å². The topological polar surface area (TPSA) is 72.2 Å². The Hall–Kier alpha value is -1.24. The van der Waals surface area contributed by atoms with Crippen molar-refractivity contribution in [3.63, 3.8) is 0 Å². The molecule has 106 valence electrons. The van der Waals surface area contributed by atoms with E-state index < -0.39 is 10.0 Å². The highest BCUT2D eigenvalue weighted by atomic mass is 79.9. The first-order chi connectivity index (χ1) is 9.29. The lowest BCUT2D eigenvalue weighted by molar-refractivity contribution is 0.601. The molecular formula is C13H12BrClN2O2S. The molecule has 2 aromatic carbocycles. The Morgan fingerprint density at radius 3 is 2.50 bits per heavy atom. The Morgan fingerprint density at radius 2 is 1.90 bits per heavy atom. The van der Waals surface area contributed by atoms with E-state index in [-0.39, 0.29) is 4.90 Å². The highest BCUT2D eigenvalue weighted by Gasteiger charge is 2.15. The third-order valence-electron chi connectivity index (χ3n) is 2.70. The molecule has 0 saturated heterocycles. The molecule has 0 aliphatic heterocycles. The number of nitrogens with one attached hydrogen (secondary N) is 1. The Kier molecular flexibility index (Phi) is 4.27. The molecule has 0 heterocycles. The zero-order valence-corrected chi connectivity index (χ0v) is 13.7. The minimum absolute atomic E-state index is 0.0925. The van der Waals surface area contributed by atoms with Gasteiger partial charge in [0, 0.05) is 15.2 Å². The van der Waals surface area contributed by atoms with Gasteiger partial charge in [0.05, 0.1) is 10.6 Å². The second-order valence-corrected chi connectivity index (χ2v) is 7.20. The van der Waals surface area contributed by atoms with Crippen LogP contribution < -0.4 is 10.5 Å². The lowest BCUT2D eigenvalue weighted by atomic mass is 10.2. The predicted molar refractivity (Wildman–Crippen MR) is 85.6 cm³/mol. The van der Waals surface area contributed by atoms with E-state index in [1.165, 1.54) is 12.1 Å². The maximum Gasteiger partial charge on any atom is 0.261 e. The SMILES string of the molecule is Cc1ccc(NS(=O)(=O)c2ccc(Br)c(N)c2)cc1Cl. The number of rotatable bonds is 3. The van der Waals surface area contributed by atoms with Crippen LogP contribution in [0.1, 0.15) is 5.56 Å². The number of nitrogen functional groups attached to an aromatic ring is 1. The van der Waals surface area contributed by atoms with Crippen LogP contribution in [0.15, 0.2) is 45.8 Å². The van der Waals surface area contributed by atoms with Gasteiger partial charge in [0.2, 0.25) is 0 Å². The van der Waals surface area contributed by atoms with Crippen molar-refractivity contribution < 1.29 is 8.42 Å². The van der Waals surface area contributed by atoms with Gasteiger partial charge in [0.15, 0.2) is 0 Å². The van der Waals surface area contributed by atoms with Crippen LogP contribution in [0, 0.1) is 6.92 Å². The van der Waals surface area contributed by atoms with E-state index in [2.05, 4.69) is 20.7 Å². The van der Waals surface area contributed by atoms with Gasteiger partial charge in [-0.3, -0.25) is 4.72 Å². The van der Waals surface area contributed by atoms with Crippen molar-refractivity contribution in [2.24, 2.45) is 0 Å². The van der Waals surface area contributed by atoms with E-state index in [0.717, 1.165) is 5.56 Å². The van der Waals surface area contributed by atoms with Crippen LogP contribution in [0.4, 0.5) is 11.4 Å². The van der Waals surface area contributed by atoms with Gasteiger partial charge in [-0.05, 0) is 58.7 Å². The average molecular weight is 376 g/mol. The summed E-state index contributed by atoms with van der Waals surface area (Å²) in [5.41, 5.74) is 7.33. The van der Waals surface area contributed by atoms with E-state index in [9.17, 15) is 8.42 Å². The smallest absolute Gasteiger partial charge is 0.261 e. The van der Waals surface area contributed by atoms with Crippen LogP contribution in [0.25, 0.3) is 0 Å². The number of nitrogens with two attached hydrogens (primary N) is 1. The molecule has 0 unspecified atom stereocenters. The van der Waals surface area contributed by atoms with Crippen molar-refractivity contribution in [1.29, 1.82) is 0 Å². The van der Waals surface area contributed by atoms with E-state index in [0.29, 0.717) is 20.9 Å². The van der Waals surface area contributed by atoms with Gasteiger partial charge in [-0.2, -0.15) is 0 Å². The molecule has 0 aromatic heterocycles. The Bertz CT molecular complexity index is 763. The summed E-state index contributed by atoms with van der Waals surface area (Å²) in [5.74, 6) is 0. The second-order valence-electron chi connectivity index (χ2n) is 4.25. The summed E-state index contributed by atoms with van der Waals surface area (Å²) >= 11 is 9.20. The first-order valence-corrected chi connectivity index (χ1v) is 8.29. The van der Waals surface area contributed by atoms with Gasteiger partial charge < -0.3 is 5.73 Å². The Balaban J connectivity index is 2.35. The first kappa shape index (κ1) is 15.2. The average Bonchev–Trinajstić information content (AvgIpc) is 2.37. The molecule has 2 rings (SSSR count). The van der Waals surface area contributed by atoms with Gasteiger partial charge in [0.25, 0.3) is 10.0 Å².